The minimum absolute atomic E-state index is 0.0911. The summed E-state index contributed by atoms with van der Waals surface area (Å²) in [6.07, 6.45) is 1.55. The van der Waals surface area contributed by atoms with Crippen LogP contribution in [0.2, 0.25) is 0 Å². The third kappa shape index (κ3) is 3.31. The minimum atomic E-state index is -0.648. The molecule has 0 spiro atoms. The predicted molar refractivity (Wildman–Crippen MR) is 93.1 cm³/mol. The van der Waals surface area contributed by atoms with Gasteiger partial charge in [0, 0.05) is 5.56 Å². The van der Waals surface area contributed by atoms with E-state index in [1.165, 1.54) is 12.1 Å². The molecule has 1 aromatic heterocycles. The number of esters is 1. The largest absolute Gasteiger partial charge is 0.507 e. The van der Waals surface area contributed by atoms with Crippen molar-refractivity contribution in [2.24, 2.45) is 0 Å². The molecule has 0 aliphatic heterocycles. The number of rotatable bonds is 2. The first-order chi connectivity index (χ1) is 11.8. The molecule has 0 aliphatic rings. The zero-order chi connectivity index (χ0) is 18.2. The first-order valence-corrected chi connectivity index (χ1v) is 7.72. The molecule has 0 unspecified atom stereocenters. The van der Waals surface area contributed by atoms with Crippen molar-refractivity contribution in [3.63, 3.8) is 0 Å². The molecule has 0 fully saturated rings. The second-order valence-corrected chi connectivity index (χ2v) is 6.67. The van der Waals surface area contributed by atoms with Crippen LogP contribution in [0.15, 0.2) is 36.7 Å². The lowest BCUT2D eigenvalue weighted by Gasteiger charge is -2.20. The number of nitrogens with one attached hydrogen (secondary N) is 1. The van der Waals surface area contributed by atoms with Gasteiger partial charge in [-0.15, -0.1) is 0 Å². The Morgan fingerprint density at radius 1 is 1.28 bits per heavy atom. The zero-order valence-corrected chi connectivity index (χ0v) is 14.1. The molecule has 2 aromatic carbocycles. The average molecular weight is 335 g/mol. The van der Waals surface area contributed by atoms with Gasteiger partial charge in [-0.2, -0.15) is 5.26 Å². The summed E-state index contributed by atoms with van der Waals surface area (Å²) in [5, 5.41) is 19.5. The van der Waals surface area contributed by atoms with E-state index in [-0.39, 0.29) is 11.3 Å². The van der Waals surface area contributed by atoms with Gasteiger partial charge in [0.2, 0.25) is 0 Å². The Kier molecular flexibility index (Phi) is 3.93. The Bertz CT molecular complexity index is 1010. The second-order valence-electron chi connectivity index (χ2n) is 6.67. The number of aromatic amines is 1. The van der Waals surface area contributed by atoms with Crippen molar-refractivity contribution < 1.29 is 14.6 Å². The molecule has 2 N–H and O–H groups in total. The molecule has 0 radical (unpaired) electrons. The number of aromatic hydroxyl groups is 1. The molecule has 0 amide bonds. The first-order valence-electron chi connectivity index (χ1n) is 7.72. The van der Waals surface area contributed by atoms with E-state index in [0.717, 1.165) is 5.52 Å². The fourth-order valence-electron chi connectivity index (χ4n) is 2.54. The van der Waals surface area contributed by atoms with E-state index in [0.29, 0.717) is 22.2 Å². The molecule has 0 bridgehead atoms. The number of ether oxygens (including phenoxy) is 1. The topological polar surface area (TPSA) is 99.0 Å². The lowest BCUT2D eigenvalue weighted by molar-refractivity contribution is 0.00668. The Morgan fingerprint density at radius 2 is 2.04 bits per heavy atom. The minimum Gasteiger partial charge on any atom is -0.507 e. The third-order valence-corrected chi connectivity index (χ3v) is 3.58. The van der Waals surface area contributed by atoms with E-state index in [9.17, 15) is 15.2 Å². The first kappa shape index (κ1) is 16.5. The van der Waals surface area contributed by atoms with Crippen molar-refractivity contribution in [3.05, 3.63) is 47.8 Å². The highest BCUT2D eigenvalue weighted by molar-refractivity contribution is 5.96. The molecule has 0 aliphatic carbocycles. The summed E-state index contributed by atoms with van der Waals surface area (Å²) in [6.45, 7) is 5.29. The monoisotopic (exact) mass is 335 g/mol. The van der Waals surface area contributed by atoms with Crippen LogP contribution in [-0.2, 0) is 4.74 Å². The van der Waals surface area contributed by atoms with Gasteiger partial charge in [0.25, 0.3) is 0 Å². The molecule has 0 atom stereocenters. The van der Waals surface area contributed by atoms with Gasteiger partial charge in [-0.1, -0.05) is 6.07 Å². The predicted octanol–water partition coefficient (Wildman–Crippen LogP) is 3.76. The molecule has 126 valence electrons. The van der Waals surface area contributed by atoms with E-state index in [1.54, 1.807) is 45.3 Å². The van der Waals surface area contributed by atoms with Crippen LogP contribution in [0.4, 0.5) is 0 Å². The van der Waals surface area contributed by atoms with Crippen molar-refractivity contribution in [3.8, 4) is 22.9 Å². The van der Waals surface area contributed by atoms with Gasteiger partial charge < -0.3 is 14.8 Å². The molecule has 0 saturated heterocycles. The SMILES string of the molecule is CC(C)(C)OC(=O)c1ccc(-c2cc(C#N)cc3[nH]cnc23)cc1O. The maximum absolute atomic E-state index is 12.2. The molecule has 3 rings (SSSR count). The second kappa shape index (κ2) is 5.95. The summed E-state index contributed by atoms with van der Waals surface area (Å²) >= 11 is 0. The number of phenols is 1. The van der Waals surface area contributed by atoms with Gasteiger partial charge in [0.15, 0.2) is 0 Å². The molecule has 0 saturated carbocycles. The number of benzene rings is 2. The summed E-state index contributed by atoms with van der Waals surface area (Å²) in [4.78, 5) is 19.4. The number of nitrogens with zero attached hydrogens (tertiary/aromatic N) is 2. The van der Waals surface area contributed by atoms with Crippen LogP contribution in [0.5, 0.6) is 5.75 Å². The number of carbonyl (C=O) groups excluding carboxylic acids is 1. The van der Waals surface area contributed by atoms with E-state index >= 15 is 0 Å². The Morgan fingerprint density at radius 3 is 2.68 bits per heavy atom. The summed E-state index contributed by atoms with van der Waals surface area (Å²) in [6, 6.07) is 10.2. The number of H-pyrrole nitrogens is 1. The number of fused-ring (bicyclic) bond motifs is 1. The van der Waals surface area contributed by atoms with Gasteiger partial charge in [-0.25, -0.2) is 9.78 Å². The van der Waals surface area contributed by atoms with Gasteiger partial charge in [-0.3, -0.25) is 0 Å². The number of imidazole rings is 1. The van der Waals surface area contributed by atoms with E-state index < -0.39 is 11.6 Å². The molecule has 6 nitrogen and oxygen atoms in total. The number of phenolic OH excluding ortho intramolecular Hbond substituents is 1. The number of carbonyl (C=O) groups is 1. The van der Waals surface area contributed by atoms with Crippen LogP contribution < -0.4 is 0 Å². The smallest absolute Gasteiger partial charge is 0.342 e. The summed E-state index contributed by atoms with van der Waals surface area (Å²) in [5.74, 6) is -0.773. The highest BCUT2D eigenvalue weighted by Gasteiger charge is 2.21. The maximum Gasteiger partial charge on any atom is 0.342 e. The summed E-state index contributed by atoms with van der Waals surface area (Å²) in [7, 11) is 0. The Balaban J connectivity index is 2.06. The van der Waals surface area contributed by atoms with Crippen molar-refractivity contribution in [2.75, 3.05) is 0 Å². The van der Waals surface area contributed by atoms with Crippen molar-refractivity contribution in [2.45, 2.75) is 26.4 Å². The standard InChI is InChI=1S/C19H17N3O3/c1-19(2,3)25-18(24)13-5-4-12(8-16(13)23)14-6-11(9-20)7-15-17(14)22-10-21-15/h4-8,10,23H,1-3H3,(H,21,22). The van der Waals surface area contributed by atoms with Crippen LogP contribution in [0.3, 0.4) is 0 Å². The number of hydrogen-bond donors (Lipinski definition) is 2. The summed E-state index contributed by atoms with van der Waals surface area (Å²) < 4.78 is 5.29. The third-order valence-electron chi connectivity index (χ3n) is 3.58. The lowest BCUT2D eigenvalue weighted by atomic mass is 9.99. The molecular formula is C19H17N3O3. The van der Waals surface area contributed by atoms with E-state index in [4.69, 9.17) is 4.74 Å². The molecule has 3 aromatic rings. The number of nitriles is 1. The van der Waals surface area contributed by atoms with Gasteiger partial charge >= 0.3 is 5.97 Å². The van der Waals surface area contributed by atoms with Crippen LogP contribution in [0.25, 0.3) is 22.2 Å². The van der Waals surface area contributed by atoms with Crippen LogP contribution >= 0.6 is 0 Å². The van der Waals surface area contributed by atoms with E-state index in [2.05, 4.69) is 16.0 Å². The fraction of sp³-hybridized carbons (Fsp3) is 0.211. The molecule has 25 heavy (non-hydrogen) atoms. The molecule has 6 heteroatoms. The molecule has 1 heterocycles. The van der Waals surface area contributed by atoms with E-state index in [1.807, 2.05) is 0 Å². The Hall–Kier alpha value is -3.33. The maximum atomic E-state index is 12.2. The van der Waals surface area contributed by atoms with Crippen molar-refractivity contribution in [1.82, 2.24) is 9.97 Å². The van der Waals surface area contributed by atoms with Gasteiger partial charge in [0.05, 0.1) is 29.0 Å². The van der Waals surface area contributed by atoms with Crippen molar-refractivity contribution >= 4 is 17.0 Å². The summed E-state index contributed by atoms with van der Waals surface area (Å²) in [5.41, 5.74) is 2.68. The number of hydrogen-bond acceptors (Lipinski definition) is 5. The quantitative estimate of drug-likeness (QED) is 0.695. The normalized spacial score (nSPS) is 11.3. The van der Waals surface area contributed by atoms with Crippen LogP contribution in [0.1, 0.15) is 36.7 Å². The highest BCUT2D eigenvalue weighted by Crippen LogP contribution is 2.32. The van der Waals surface area contributed by atoms with Crippen LogP contribution in [0, 0.1) is 11.3 Å². The molecular weight excluding hydrogens is 318 g/mol. The van der Waals surface area contributed by atoms with Gasteiger partial charge in [-0.05, 0) is 50.6 Å². The van der Waals surface area contributed by atoms with Crippen molar-refractivity contribution in [1.29, 1.82) is 5.26 Å². The van der Waals surface area contributed by atoms with Crippen LogP contribution in [-0.4, -0.2) is 26.6 Å². The van der Waals surface area contributed by atoms with Gasteiger partial charge in [0.1, 0.15) is 16.9 Å². The zero-order valence-electron chi connectivity index (χ0n) is 14.1. The Labute approximate surface area is 144 Å². The average Bonchev–Trinajstić information content (AvgIpc) is 3.00. The number of aromatic nitrogens is 2. The lowest BCUT2D eigenvalue weighted by Crippen LogP contribution is -2.23. The fourth-order valence-corrected chi connectivity index (χ4v) is 2.54. The highest BCUT2D eigenvalue weighted by atomic mass is 16.6.